The van der Waals surface area contributed by atoms with E-state index in [4.69, 9.17) is 0 Å². The lowest BCUT2D eigenvalue weighted by molar-refractivity contribution is 0.475. The van der Waals surface area contributed by atoms with Crippen molar-refractivity contribution in [2.75, 3.05) is 13.6 Å². The maximum absolute atomic E-state index is 3.79. The molecule has 0 aliphatic heterocycles. The Bertz CT molecular complexity index is 215. The second kappa shape index (κ2) is 4.62. The predicted octanol–water partition coefficient (Wildman–Crippen LogP) is 2.03. The first-order chi connectivity index (χ1) is 5.04. The Morgan fingerprint density at radius 2 is 1.91 bits per heavy atom. The zero-order valence-electron chi connectivity index (χ0n) is 7.57. The number of allylic oxidation sites excluding steroid dienone is 2. The first-order valence-electron chi connectivity index (χ1n) is 3.55. The van der Waals surface area contributed by atoms with E-state index in [1.54, 1.807) is 0 Å². The van der Waals surface area contributed by atoms with Crippen molar-refractivity contribution in [1.82, 2.24) is 4.90 Å². The van der Waals surface area contributed by atoms with Crippen LogP contribution in [0.3, 0.4) is 0 Å². The maximum Gasteiger partial charge on any atom is 0.0791 e. The second-order valence-electron chi connectivity index (χ2n) is 2.67. The Kier molecular flexibility index (Phi) is 4.14. The van der Waals surface area contributed by atoms with Crippen molar-refractivity contribution in [3.8, 4) is 11.8 Å². The fraction of sp³-hybridized carbons (Fsp3) is 0.400. The van der Waals surface area contributed by atoms with Gasteiger partial charge in [0.15, 0.2) is 0 Å². The predicted molar refractivity (Wildman–Crippen MR) is 50.0 cm³/mol. The molecule has 0 N–H and O–H groups in total. The Morgan fingerprint density at radius 1 is 1.36 bits per heavy atom. The fourth-order valence-corrected chi connectivity index (χ4v) is 0.444. The molecule has 0 aliphatic rings. The summed E-state index contributed by atoms with van der Waals surface area (Å²) >= 11 is 0. The standard InChI is InChI=1S/C10H15N/c1-9(2)7-6-8-11(5)10(3)4/h1,3,8H2,2,4-5H3. The Balaban J connectivity index is 3.82. The number of hydrogen-bond donors (Lipinski definition) is 0. The van der Waals surface area contributed by atoms with Gasteiger partial charge in [-0.3, -0.25) is 0 Å². The van der Waals surface area contributed by atoms with Gasteiger partial charge in [-0.1, -0.05) is 25.0 Å². The van der Waals surface area contributed by atoms with Crippen LogP contribution in [0.2, 0.25) is 0 Å². The molecule has 0 aromatic heterocycles. The van der Waals surface area contributed by atoms with Gasteiger partial charge in [0.05, 0.1) is 6.54 Å². The minimum Gasteiger partial charge on any atom is -0.367 e. The molecular weight excluding hydrogens is 134 g/mol. The van der Waals surface area contributed by atoms with E-state index >= 15 is 0 Å². The largest absolute Gasteiger partial charge is 0.367 e. The number of hydrogen-bond acceptors (Lipinski definition) is 1. The van der Waals surface area contributed by atoms with E-state index in [0.29, 0.717) is 0 Å². The van der Waals surface area contributed by atoms with Crippen LogP contribution in [0, 0.1) is 11.8 Å². The van der Waals surface area contributed by atoms with Gasteiger partial charge in [0.25, 0.3) is 0 Å². The zero-order valence-corrected chi connectivity index (χ0v) is 7.57. The van der Waals surface area contributed by atoms with Crippen LogP contribution in [0.4, 0.5) is 0 Å². The van der Waals surface area contributed by atoms with Crippen molar-refractivity contribution >= 4 is 0 Å². The van der Waals surface area contributed by atoms with E-state index in [-0.39, 0.29) is 0 Å². The Hall–Kier alpha value is -1.16. The molecule has 0 aromatic carbocycles. The van der Waals surface area contributed by atoms with E-state index in [1.165, 1.54) is 0 Å². The molecule has 0 unspecified atom stereocenters. The SMILES string of the molecule is C=C(C)C#CCN(C)C(=C)C. The molecule has 0 aliphatic carbocycles. The topological polar surface area (TPSA) is 3.24 Å². The van der Waals surface area contributed by atoms with Crippen molar-refractivity contribution in [3.05, 3.63) is 24.4 Å². The molecule has 1 nitrogen and oxygen atoms in total. The molecule has 0 saturated carbocycles. The van der Waals surface area contributed by atoms with Gasteiger partial charge in [-0.2, -0.15) is 0 Å². The quantitative estimate of drug-likeness (QED) is 0.543. The molecule has 0 amide bonds. The Labute approximate surface area is 69.4 Å². The van der Waals surface area contributed by atoms with Crippen molar-refractivity contribution in [3.63, 3.8) is 0 Å². The lowest BCUT2D eigenvalue weighted by Gasteiger charge is -2.14. The summed E-state index contributed by atoms with van der Waals surface area (Å²) < 4.78 is 0. The van der Waals surface area contributed by atoms with E-state index in [2.05, 4.69) is 25.0 Å². The molecule has 1 heteroatoms. The van der Waals surface area contributed by atoms with Crippen LogP contribution in [0.5, 0.6) is 0 Å². The molecule has 60 valence electrons. The number of nitrogens with zero attached hydrogens (tertiary/aromatic N) is 1. The van der Waals surface area contributed by atoms with Gasteiger partial charge in [0.1, 0.15) is 0 Å². The first kappa shape index (κ1) is 9.84. The lowest BCUT2D eigenvalue weighted by atomic mass is 10.3. The molecule has 0 heterocycles. The fourth-order valence-electron chi connectivity index (χ4n) is 0.444. The van der Waals surface area contributed by atoms with Crippen LogP contribution < -0.4 is 0 Å². The lowest BCUT2D eigenvalue weighted by Crippen LogP contribution is -2.14. The van der Waals surface area contributed by atoms with Crippen LogP contribution in [-0.4, -0.2) is 18.5 Å². The van der Waals surface area contributed by atoms with E-state index in [0.717, 1.165) is 17.8 Å². The molecule has 0 atom stereocenters. The van der Waals surface area contributed by atoms with Crippen LogP contribution >= 0.6 is 0 Å². The van der Waals surface area contributed by atoms with Crippen LogP contribution in [0.1, 0.15) is 13.8 Å². The van der Waals surface area contributed by atoms with Crippen LogP contribution in [-0.2, 0) is 0 Å². The summed E-state index contributed by atoms with van der Waals surface area (Å²) in [5.41, 5.74) is 1.93. The molecular formula is C10H15N. The third kappa shape index (κ3) is 5.29. The van der Waals surface area contributed by atoms with Gasteiger partial charge in [-0.25, -0.2) is 0 Å². The summed E-state index contributed by atoms with van der Waals surface area (Å²) in [7, 11) is 1.97. The molecule has 0 bridgehead atoms. The third-order valence-corrected chi connectivity index (χ3v) is 1.27. The number of rotatable bonds is 2. The van der Waals surface area contributed by atoms with Crippen molar-refractivity contribution in [2.24, 2.45) is 0 Å². The molecule has 0 spiro atoms. The van der Waals surface area contributed by atoms with Gasteiger partial charge in [-0.05, 0) is 19.4 Å². The summed E-state index contributed by atoms with van der Waals surface area (Å²) in [4.78, 5) is 2.00. The maximum atomic E-state index is 3.79. The molecule has 0 saturated heterocycles. The van der Waals surface area contributed by atoms with Gasteiger partial charge in [0.2, 0.25) is 0 Å². The van der Waals surface area contributed by atoms with Gasteiger partial charge in [-0.15, -0.1) is 0 Å². The van der Waals surface area contributed by atoms with Crippen LogP contribution in [0.25, 0.3) is 0 Å². The smallest absolute Gasteiger partial charge is 0.0791 e. The summed E-state index contributed by atoms with van der Waals surface area (Å²) in [6.07, 6.45) is 0. The van der Waals surface area contributed by atoms with E-state index in [1.807, 2.05) is 25.8 Å². The minimum atomic E-state index is 0.724. The Morgan fingerprint density at radius 3 is 2.27 bits per heavy atom. The highest BCUT2D eigenvalue weighted by Crippen LogP contribution is 1.93. The highest BCUT2D eigenvalue weighted by atomic mass is 15.1. The van der Waals surface area contributed by atoms with Gasteiger partial charge in [0, 0.05) is 12.7 Å². The highest BCUT2D eigenvalue weighted by Gasteiger charge is 1.90. The zero-order chi connectivity index (χ0) is 8.85. The van der Waals surface area contributed by atoms with Crippen LogP contribution in [0.15, 0.2) is 24.4 Å². The second-order valence-corrected chi connectivity index (χ2v) is 2.67. The third-order valence-electron chi connectivity index (χ3n) is 1.27. The molecule has 0 rings (SSSR count). The normalized spacial score (nSPS) is 7.91. The van der Waals surface area contributed by atoms with Gasteiger partial charge >= 0.3 is 0 Å². The van der Waals surface area contributed by atoms with Crippen molar-refractivity contribution in [2.45, 2.75) is 13.8 Å². The summed E-state index contributed by atoms with van der Waals surface area (Å²) in [5.74, 6) is 5.89. The molecule has 11 heavy (non-hydrogen) atoms. The summed E-state index contributed by atoms with van der Waals surface area (Å²) in [6, 6.07) is 0. The van der Waals surface area contributed by atoms with Crippen molar-refractivity contribution in [1.29, 1.82) is 0 Å². The summed E-state index contributed by atoms with van der Waals surface area (Å²) in [5, 5.41) is 0. The minimum absolute atomic E-state index is 0.724. The summed E-state index contributed by atoms with van der Waals surface area (Å²) in [6.45, 7) is 12.1. The molecule has 0 radical (unpaired) electrons. The van der Waals surface area contributed by atoms with E-state index in [9.17, 15) is 0 Å². The van der Waals surface area contributed by atoms with E-state index < -0.39 is 0 Å². The average molecular weight is 149 g/mol. The average Bonchev–Trinajstić information content (AvgIpc) is 1.86. The first-order valence-corrected chi connectivity index (χ1v) is 3.55. The highest BCUT2D eigenvalue weighted by molar-refractivity contribution is 5.23. The molecule has 0 fully saturated rings. The monoisotopic (exact) mass is 149 g/mol. The van der Waals surface area contributed by atoms with Crippen molar-refractivity contribution < 1.29 is 0 Å². The van der Waals surface area contributed by atoms with Gasteiger partial charge < -0.3 is 4.90 Å². The molecule has 0 aromatic rings.